The van der Waals surface area contributed by atoms with Gasteiger partial charge in [-0.3, -0.25) is 14.6 Å². The van der Waals surface area contributed by atoms with E-state index in [0.29, 0.717) is 23.9 Å². The molecule has 1 saturated heterocycles. The fraction of sp³-hybridized carbons (Fsp3) is 0.517. The Labute approximate surface area is 236 Å². The van der Waals surface area contributed by atoms with Crippen molar-refractivity contribution in [3.8, 4) is 0 Å². The number of nitrogens with zero attached hydrogens (tertiary/aromatic N) is 6. The molecule has 7 nitrogen and oxygen atoms in total. The summed E-state index contributed by atoms with van der Waals surface area (Å²) >= 11 is 6.48. The van der Waals surface area contributed by atoms with Gasteiger partial charge < -0.3 is 4.57 Å². The third-order valence-corrected chi connectivity index (χ3v) is 8.89. The van der Waals surface area contributed by atoms with Crippen LogP contribution in [0.3, 0.4) is 0 Å². The van der Waals surface area contributed by atoms with E-state index in [-0.39, 0.29) is 28.6 Å². The molecule has 1 amide bonds. The van der Waals surface area contributed by atoms with Gasteiger partial charge in [-0.05, 0) is 85.0 Å². The average Bonchev–Trinajstić information content (AvgIpc) is 3.44. The van der Waals surface area contributed by atoms with Gasteiger partial charge in [-0.25, -0.2) is 4.98 Å². The second-order valence-electron chi connectivity index (χ2n) is 11.9. The van der Waals surface area contributed by atoms with Gasteiger partial charge in [0.25, 0.3) is 5.91 Å². The lowest BCUT2D eigenvalue weighted by molar-refractivity contribution is -0.138. The van der Waals surface area contributed by atoms with Crippen LogP contribution in [0.15, 0.2) is 30.6 Å². The summed E-state index contributed by atoms with van der Waals surface area (Å²) < 4.78 is 44.8. The largest absolute Gasteiger partial charge is 0.416 e. The van der Waals surface area contributed by atoms with Crippen LogP contribution in [0.1, 0.15) is 78.0 Å². The number of pyridine rings is 1. The summed E-state index contributed by atoms with van der Waals surface area (Å²) in [6, 6.07) is 6.38. The predicted octanol–water partition coefficient (Wildman–Crippen LogP) is 5.99. The molecule has 212 valence electrons. The minimum Gasteiger partial charge on any atom is -0.320 e. The van der Waals surface area contributed by atoms with Crippen molar-refractivity contribution in [1.82, 2.24) is 24.6 Å². The van der Waals surface area contributed by atoms with Crippen molar-refractivity contribution in [2.75, 3.05) is 18.0 Å². The maximum Gasteiger partial charge on any atom is 0.416 e. The lowest BCUT2D eigenvalue weighted by Gasteiger charge is -2.46. The number of fused-ring (bicyclic) bond motifs is 1. The number of alkyl halides is 3. The van der Waals surface area contributed by atoms with Gasteiger partial charge >= 0.3 is 6.18 Å². The van der Waals surface area contributed by atoms with E-state index < -0.39 is 23.1 Å². The zero-order chi connectivity index (χ0) is 28.4. The standard InChI is InChI=1S/C29H32ClF3N6O/c1-17-5-4-6-38(13-17)14-19-7-21-22(23(8-19)29(31,32)33)15-39(26(21)40)25-10-20(9-24(30)35-25)28(11-18(2)12-28)27-36-34-16-37(27)3/h7-10,16-18H,4-6,11-15H2,1-3H3/t17-,18?,28?/m0/s1. The van der Waals surface area contributed by atoms with Crippen molar-refractivity contribution in [1.29, 1.82) is 0 Å². The van der Waals surface area contributed by atoms with Gasteiger partial charge in [0, 0.05) is 25.7 Å². The number of hydrogen-bond donors (Lipinski definition) is 0. The lowest BCUT2D eigenvalue weighted by atomic mass is 9.58. The third-order valence-electron chi connectivity index (χ3n) is 8.70. The van der Waals surface area contributed by atoms with Crippen LogP contribution < -0.4 is 4.90 Å². The summed E-state index contributed by atoms with van der Waals surface area (Å²) in [4.78, 5) is 21.6. The molecule has 3 aliphatic rings. The number of rotatable bonds is 5. The molecule has 1 saturated carbocycles. The van der Waals surface area contributed by atoms with Crippen molar-refractivity contribution in [2.24, 2.45) is 18.9 Å². The Morgan fingerprint density at radius 3 is 2.55 bits per heavy atom. The van der Waals surface area contributed by atoms with E-state index in [1.54, 1.807) is 24.5 Å². The third kappa shape index (κ3) is 4.68. The zero-order valence-electron chi connectivity index (χ0n) is 22.8. The van der Waals surface area contributed by atoms with Crippen LogP contribution in [0.5, 0.6) is 0 Å². The van der Waals surface area contributed by atoms with Gasteiger partial charge in [0.15, 0.2) is 0 Å². The van der Waals surface area contributed by atoms with Crippen LogP contribution in [0.4, 0.5) is 19.0 Å². The molecule has 40 heavy (non-hydrogen) atoms. The number of halogens is 4. The van der Waals surface area contributed by atoms with Crippen molar-refractivity contribution in [3.05, 3.63) is 69.4 Å². The second kappa shape index (κ2) is 9.83. The number of benzene rings is 1. The van der Waals surface area contributed by atoms with Crippen LogP contribution in [-0.4, -0.2) is 43.6 Å². The highest BCUT2D eigenvalue weighted by Gasteiger charge is 2.49. The zero-order valence-corrected chi connectivity index (χ0v) is 23.6. The molecule has 2 aliphatic heterocycles. The second-order valence-corrected chi connectivity index (χ2v) is 12.3. The monoisotopic (exact) mass is 572 g/mol. The quantitative estimate of drug-likeness (QED) is 0.351. The number of aromatic nitrogens is 4. The van der Waals surface area contributed by atoms with Crippen LogP contribution in [-0.2, 0) is 31.7 Å². The Morgan fingerprint density at radius 1 is 1.12 bits per heavy atom. The number of amides is 1. The number of carbonyl (C=O) groups is 1. The van der Waals surface area contributed by atoms with Crippen molar-refractivity contribution >= 4 is 23.3 Å². The molecule has 4 heterocycles. The van der Waals surface area contributed by atoms with Crippen molar-refractivity contribution in [3.63, 3.8) is 0 Å². The van der Waals surface area contributed by atoms with Crippen LogP contribution in [0.2, 0.25) is 5.15 Å². The molecule has 0 radical (unpaired) electrons. The number of hydrogen-bond acceptors (Lipinski definition) is 5. The Kier molecular flexibility index (Phi) is 6.69. The molecule has 1 aliphatic carbocycles. The molecular weight excluding hydrogens is 541 g/mol. The summed E-state index contributed by atoms with van der Waals surface area (Å²) in [7, 11) is 1.88. The summed E-state index contributed by atoms with van der Waals surface area (Å²) in [5.74, 6) is 1.47. The van der Waals surface area contributed by atoms with Crippen molar-refractivity contribution < 1.29 is 18.0 Å². The summed E-state index contributed by atoms with van der Waals surface area (Å²) in [5.41, 5.74) is 0.176. The fourth-order valence-electron chi connectivity index (χ4n) is 6.98. The van der Waals surface area contributed by atoms with Gasteiger partial charge in [-0.2, -0.15) is 13.2 Å². The van der Waals surface area contributed by atoms with E-state index in [1.165, 1.54) is 11.0 Å². The first kappa shape index (κ1) is 27.2. The topological polar surface area (TPSA) is 67.2 Å². The maximum absolute atomic E-state index is 14.3. The highest BCUT2D eigenvalue weighted by atomic mass is 35.5. The van der Waals surface area contributed by atoms with Crippen LogP contribution in [0, 0.1) is 11.8 Å². The summed E-state index contributed by atoms with van der Waals surface area (Å²) in [6.07, 6.45) is 0.811. The molecule has 6 rings (SSSR count). The normalized spacial score (nSPS) is 25.3. The highest BCUT2D eigenvalue weighted by molar-refractivity contribution is 6.29. The number of likely N-dealkylation sites (tertiary alicyclic amines) is 1. The summed E-state index contributed by atoms with van der Waals surface area (Å²) in [6.45, 7) is 6.14. The van der Waals surface area contributed by atoms with E-state index in [1.807, 2.05) is 11.6 Å². The van der Waals surface area contributed by atoms with Gasteiger partial charge in [0.05, 0.1) is 17.5 Å². The van der Waals surface area contributed by atoms with Crippen molar-refractivity contribution in [2.45, 2.75) is 64.2 Å². The van der Waals surface area contributed by atoms with Crippen LogP contribution >= 0.6 is 11.6 Å². The van der Waals surface area contributed by atoms with Gasteiger partial charge in [0.1, 0.15) is 23.1 Å². The number of piperidine rings is 1. The smallest absolute Gasteiger partial charge is 0.320 e. The highest BCUT2D eigenvalue weighted by Crippen LogP contribution is 2.52. The molecule has 0 spiro atoms. The molecule has 0 bridgehead atoms. The first-order chi connectivity index (χ1) is 18.9. The van der Waals surface area contributed by atoms with E-state index in [9.17, 15) is 18.0 Å². The number of anilines is 1. The van der Waals surface area contributed by atoms with Gasteiger partial charge in [-0.1, -0.05) is 25.4 Å². The average molecular weight is 573 g/mol. The summed E-state index contributed by atoms with van der Waals surface area (Å²) in [5, 5.41) is 8.60. The molecular formula is C29H32ClF3N6O. The Morgan fingerprint density at radius 2 is 1.90 bits per heavy atom. The van der Waals surface area contributed by atoms with E-state index in [4.69, 9.17) is 11.6 Å². The van der Waals surface area contributed by atoms with E-state index in [2.05, 4.69) is 33.9 Å². The Hall–Kier alpha value is -2.98. The molecule has 11 heteroatoms. The van der Waals surface area contributed by atoms with Crippen LogP contribution in [0.25, 0.3) is 0 Å². The molecule has 1 atom stereocenters. The fourth-order valence-corrected chi connectivity index (χ4v) is 7.18. The molecule has 1 aromatic carbocycles. The predicted molar refractivity (Wildman–Crippen MR) is 145 cm³/mol. The molecule has 0 unspecified atom stereocenters. The number of carbonyl (C=O) groups excluding carboxylic acids is 1. The van der Waals surface area contributed by atoms with Gasteiger partial charge in [-0.15, -0.1) is 10.2 Å². The minimum absolute atomic E-state index is 0.0168. The first-order valence-corrected chi connectivity index (χ1v) is 14.1. The first-order valence-electron chi connectivity index (χ1n) is 13.7. The molecule has 0 N–H and O–H groups in total. The van der Waals surface area contributed by atoms with E-state index in [0.717, 1.165) is 50.2 Å². The SMILES string of the molecule is CC1CC(c2cc(Cl)nc(N3Cc4c(cc(CN5CCC[C@H](C)C5)cc4C(F)(F)F)C3=O)c2)(c2nncn2C)C1. The Balaban J connectivity index is 1.37. The Bertz CT molecular complexity index is 1460. The maximum atomic E-state index is 14.3. The lowest BCUT2D eigenvalue weighted by Crippen LogP contribution is -2.43. The van der Waals surface area contributed by atoms with E-state index >= 15 is 0 Å². The van der Waals surface area contributed by atoms with Gasteiger partial charge in [0.2, 0.25) is 0 Å². The minimum atomic E-state index is -4.59. The molecule has 2 aromatic heterocycles. The number of aryl methyl sites for hydroxylation is 1. The molecule has 3 aromatic rings. The molecule has 2 fully saturated rings.